The van der Waals surface area contributed by atoms with Crippen LogP contribution in [-0.4, -0.2) is 58.0 Å². The van der Waals surface area contributed by atoms with Crippen molar-refractivity contribution >= 4 is 34.5 Å². The number of rotatable bonds is 1. The maximum Gasteiger partial charge on any atom is 0.328 e. The summed E-state index contributed by atoms with van der Waals surface area (Å²) >= 11 is 0. The highest BCUT2D eigenvalue weighted by molar-refractivity contribution is 6.20. The van der Waals surface area contributed by atoms with E-state index in [0.29, 0.717) is 22.2 Å². The molecule has 3 N–H and O–H groups in total. The summed E-state index contributed by atoms with van der Waals surface area (Å²) in [4.78, 5) is 40.0. The molecule has 2 aromatic heterocycles. The van der Waals surface area contributed by atoms with Gasteiger partial charge in [0, 0.05) is 24.7 Å². The average molecular weight is 454 g/mol. The number of nitrogens with one attached hydrogen (secondary N) is 3. The molecular formula is C21H19FN6O5. The van der Waals surface area contributed by atoms with Gasteiger partial charge in [-0.05, 0) is 25.5 Å². The largest absolute Gasteiger partial charge is 0.372 e. The highest BCUT2D eigenvalue weighted by atomic mass is 19.1. The van der Waals surface area contributed by atoms with Crippen molar-refractivity contribution in [1.82, 2.24) is 26.0 Å². The smallest absolute Gasteiger partial charge is 0.328 e. The van der Waals surface area contributed by atoms with Gasteiger partial charge in [0.25, 0.3) is 0 Å². The van der Waals surface area contributed by atoms with Crippen molar-refractivity contribution in [2.24, 2.45) is 5.41 Å². The van der Waals surface area contributed by atoms with E-state index in [1.54, 1.807) is 24.1 Å². The van der Waals surface area contributed by atoms with E-state index < -0.39 is 41.2 Å². The minimum atomic E-state index is -1.69. The van der Waals surface area contributed by atoms with Gasteiger partial charge >= 0.3 is 6.03 Å². The molecule has 0 radical (unpaired) electrons. The number of fused-ring (bicyclic) bond motifs is 5. The molecule has 6 rings (SSSR count). The molecule has 12 heteroatoms. The molecule has 0 bridgehead atoms. The average Bonchev–Trinajstić information content (AvgIpc) is 3.41. The summed E-state index contributed by atoms with van der Waals surface area (Å²) in [6, 6.07) is -0.0297. The Bertz CT molecular complexity index is 1310. The third-order valence-electron chi connectivity index (χ3n) is 6.74. The number of H-pyrrole nitrogens is 1. The van der Waals surface area contributed by atoms with Crippen LogP contribution in [0.2, 0.25) is 0 Å². The number of aromatic amines is 1. The molecule has 5 heterocycles. The Labute approximate surface area is 185 Å². The third kappa shape index (κ3) is 2.55. The number of imide groups is 2. The number of carbonyl (C=O) groups is 3. The highest BCUT2D eigenvalue weighted by Crippen LogP contribution is 2.49. The van der Waals surface area contributed by atoms with Crippen LogP contribution >= 0.6 is 0 Å². The van der Waals surface area contributed by atoms with Crippen LogP contribution in [0.15, 0.2) is 23.0 Å². The van der Waals surface area contributed by atoms with E-state index >= 15 is 4.39 Å². The molecule has 11 nitrogen and oxygen atoms in total. The molecule has 0 aliphatic carbocycles. The molecule has 0 unspecified atom stereocenters. The number of benzene rings is 1. The second-order valence-electron chi connectivity index (χ2n) is 8.73. The summed E-state index contributed by atoms with van der Waals surface area (Å²) < 4.78 is 27.3. The van der Waals surface area contributed by atoms with Gasteiger partial charge in [-0.3, -0.25) is 25.3 Å². The van der Waals surface area contributed by atoms with E-state index in [1.807, 2.05) is 6.92 Å². The van der Waals surface area contributed by atoms with E-state index in [0.717, 1.165) is 0 Å². The molecule has 2 saturated heterocycles. The van der Waals surface area contributed by atoms with Crippen LogP contribution in [0.3, 0.4) is 0 Å². The molecule has 33 heavy (non-hydrogen) atoms. The van der Waals surface area contributed by atoms with E-state index in [9.17, 15) is 14.4 Å². The number of nitrogens with zero attached hydrogens (tertiary/aromatic N) is 3. The van der Waals surface area contributed by atoms with Gasteiger partial charge in [-0.25, -0.2) is 9.18 Å². The van der Waals surface area contributed by atoms with E-state index in [2.05, 4.69) is 26.0 Å². The minimum absolute atomic E-state index is 0.0285. The topological polar surface area (TPSA) is 142 Å². The number of morpholine rings is 1. The van der Waals surface area contributed by atoms with Gasteiger partial charge in [-0.2, -0.15) is 5.10 Å². The van der Waals surface area contributed by atoms with E-state index in [1.165, 1.54) is 6.20 Å². The van der Waals surface area contributed by atoms with Crippen LogP contribution in [0.4, 0.5) is 14.9 Å². The summed E-state index contributed by atoms with van der Waals surface area (Å²) in [6.07, 6.45) is 2.12. The fraction of sp³-hybridized carbons (Fsp3) is 0.381. The van der Waals surface area contributed by atoms with Gasteiger partial charge < -0.3 is 14.2 Å². The molecule has 3 atom stereocenters. The fourth-order valence-corrected chi connectivity index (χ4v) is 5.54. The Kier molecular flexibility index (Phi) is 3.97. The van der Waals surface area contributed by atoms with Crippen molar-refractivity contribution < 1.29 is 28.0 Å². The molecule has 3 aliphatic rings. The lowest BCUT2D eigenvalue weighted by Gasteiger charge is -2.55. The monoisotopic (exact) mass is 454 g/mol. The second kappa shape index (κ2) is 6.61. The molecule has 4 amide bonds. The molecule has 3 aromatic rings. The Balaban J connectivity index is 1.61. The standard InChI is InChI=1S/C21H19FN6O5/c1-8-7-28-15-10(3-12-14(11-5-23-24-6-11)27-33-16(12)13(15)22)4-21(17(28)9(2)32-8)18(29)25-20(31)26-19(21)30/h3,5-6,8-9,17H,4,7H2,1-2H3,(H,23,24)(H2,25,26,29,30,31)/t8-,9+,17-/m0/s1. The van der Waals surface area contributed by atoms with Crippen molar-refractivity contribution in [3.8, 4) is 11.3 Å². The van der Waals surface area contributed by atoms with Crippen molar-refractivity contribution in [2.45, 2.75) is 38.5 Å². The van der Waals surface area contributed by atoms with E-state index in [-0.39, 0.29) is 30.3 Å². The number of hydrogen-bond donors (Lipinski definition) is 3. The number of amides is 4. The lowest BCUT2D eigenvalue weighted by atomic mass is 9.66. The van der Waals surface area contributed by atoms with Crippen molar-refractivity contribution in [2.75, 3.05) is 11.4 Å². The molecule has 1 aromatic carbocycles. The Morgan fingerprint density at radius 3 is 2.67 bits per heavy atom. The number of barbiturate groups is 1. The summed E-state index contributed by atoms with van der Waals surface area (Å²) in [5.74, 6) is -2.09. The Hall–Kier alpha value is -3.80. The number of carbonyl (C=O) groups excluding carboxylic acids is 3. The van der Waals surface area contributed by atoms with Crippen LogP contribution in [0.25, 0.3) is 22.2 Å². The van der Waals surface area contributed by atoms with Crippen LogP contribution in [-0.2, 0) is 20.7 Å². The lowest BCUT2D eigenvalue weighted by molar-refractivity contribution is -0.153. The number of aromatic nitrogens is 3. The third-order valence-corrected chi connectivity index (χ3v) is 6.74. The number of ether oxygens (including phenoxy) is 1. The minimum Gasteiger partial charge on any atom is -0.372 e. The molecule has 2 fully saturated rings. The molecule has 170 valence electrons. The Morgan fingerprint density at radius 2 is 1.97 bits per heavy atom. The van der Waals surface area contributed by atoms with Crippen molar-refractivity contribution in [1.29, 1.82) is 0 Å². The van der Waals surface area contributed by atoms with Gasteiger partial charge in [0.1, 0.15) is 5.69 Å². The first-order chi connectivity index (χ1) is 15.8. The summed E-state index contributed by atoms with van der Waals surface area (Å²) in [6.45, 7) is 3.81. The van der Waals surface area contributed by atoms with Gasteiger partial charge in [0.05, 0.1) is 35.5 Å². The predicted octanol–water partition coefficient (Wildman–Crippen LogP) is 1.25. The Morgan fingerprint density at radius 1 is 1.21 bits per heavy atom. The molecule has 3 aliphatic heterocycles. The quantitative estimate of drug-likeness (QED) is 0.466. The lowest BCUT2D eigenvalue weighted by Crippen LogP contribution is -2.75. The van der Waals surface area contributed by atoms with Crippen LogP contribution in [0.1, 0.15) is 19.4 Å². The first-order valence-electron chi connectivity index (χ1n) is 10.5. The number of anilines is 1. The second-order valence-corrected chi connectivity index (χ2v) is 8.73. The molecular weight excluding hydrogens is 435 g/mol. The maximum atomic E-state index is 15.9. The zero-order valence-corrected chi connectivity index (χ0v) is 17.6. The summed E-state index contributed by atoms with van der Waals surface area (Å²) in [5.41, 5.74) is -0.0538. The van der Waals surface area contributed by atoms with Crippen LogP contribution in [0.5, 0.6) is 0 Å². The zero-order chi connectivity index (χ0) is 23.1. The number of hydrogen-bond acceptors (Lipinski definition) is 8. The maximum absolute atomic E-state index is 15.9. The molecule has 1 spiro atoms. The van der Waals surface area contributed by atoms with E-state index in [4.69, 9.17) is 9.26 Å². The predicted molar refractivity (Wildman–Crippen MR) is 111 cm³/mol. The number of urea groups is 1. The first kappa shape index (κ1) is 19.9. The van der Waals surface area contributed by atoms with Gasteiger partial charge in [0.15, 0.2) is 11.2 Å². The number of halogens is 1. The van der Waals surface area contributed by atoms with Crippen LogP contribution < -0.4 is 15.5 Å². The highest BCUT2D eigenvalue weighted by Gasteiger charge is 2.63. The van der Waals surface area contributed by atoms with Crippen LogP contribution in [0, 0.1) is 11.2 Å². The van der Waals surface area contributed by atoms with Gasteiger partial charge in [-0.15, -0.1) is 0 Å². The SMILES string of the molecule is C[C@H]1CN2c3c(cc4c(-c5cn[nH]c5)noc4c3F)CC3(C(=O)NC(=O)NC3=O)[C@@H]2[C@@H](C)O1. The fourth-order valence-electron chi connectivity index (χ4n) is 5.54. The first-order valence-corrected chi connectivity index (χ1v) is 10.5. The molecule has 0 saturated carbocycles. The van der Waals surface area contributed by atoms with Crippen molar-refractivity contribution in [3.63, 3.8) is 0 Å². The summed E-state index contributed by atoms with van der Waals surface area (Å²) in [5, 5.41) is 15.4. The van der Waals surface area contributed by atoms with Crippen molar-refractivity contribution in [3.05, 3.63) is 29.8 Å². The van der Waals surface area contributed by atoms with Gasteiger partial charge in [0.2, 0.25) is 17.4 Å². The zero-order valence-electron chi connectivity index (χ0n) is 17.6. The van der Waals surface area contributed by atoms with Gasteiger partial charge in [-0.1, -0.05) is 5.16 Å². The summed E-state index contributed by atoms with van der Waals surface area (Å²) in [7, 11) is 0. The normalized spacial score (nSPS) is 26.2.